The van der Waals surface area contributed by atoms with Gasteiger partial charge in [-0.15, -0.1) is 0 Å². The number of urea groups is 1. The quantitative estimate of drug-likeness (QED) is 0.837. The molecule has 0 bridgehead atoms. The number of hydrogen-bond acceptors (Lipinski definition) is 4. The smallest absolute Gasteiger partial charge is 0.317 e. The summed E-state index contributed by atoms with van der Waals surface area (Å²) >= 11 is 6.21. The molecule has 7 heteroatoms. The molecule has 0 saturated carbocycles. The number of piperidine rings is 1. The second kappa shape index (κ2) is 7.82. The van der Waals surface area contributed by atoms with Crippen LogP contribution >= 0.6 is 11.6 Å². The number of carbonyl (C=O) groups excluding carboxylic acids is 1. The molecule has 0 spiro atoms. The predicted octanol–water partition coefficient (Wildman–Crippen LogP) is 3.67. The molecule has 152 valence electrons. The highest BCUT2D eigenvalue weighted by atomic mass is 35.5. The van der Waals surface area contributed by atoms with Gasteiger partial charge in [0.05, 0.1) is 0 Å². The number of nitrogens with zero attached hydrogens (tertiary/aromatic N) is 4. The van der Waals surface area contributed by atoms with E-state index in [4.69, 9.17) is 21.6 Å². The Morgan fingerprint density at radius 3 is 2.66 bits per heavy atom. The molecule has 1 aromatic carbocycles. The number of anilines is 1. The molecule has 2 saturated heterocycles. The first-order valence-electron chi connectivity index (χ1n) is 10.6. The zero-order valence-electron chi connectivity index (χ0n) is 16.5. The number of benzene rings is 1. The molecule has 1 N–H and O–H groups in total. The van der Waals surface area contributed by atoms with E-state index in [0.717, 1.165) is 69.1 Å². The van der Waals surface area contributed by atoms with Gasteiger partial charge in [0, 0.05) is 54.1 Å². The molecule has 5 rings (SSSR count). The van der Waals surface area contributed by atoms with E-state index in [9.17, 15) is 4.79 Å². The first-order chi connectivity index (χ1) is 14.2. The fourth-order valence-electron chi connectivity index (χ4n) is 4.82. The maximum atomic E-state index is 12.0. The zero-order valence-corrected chi connectivity index (χ0v) is 17.3. The molecule has 6 nitrogen and oxygen atoms in total. The molecular formula is C22H26ClN5O. The van der Waals surface area contributed by atoms with E-state index < -0.39 is 0 Å². The number of aromatic nitrogens is 2. The van der Waals surface area contributed by atoms with Crippen LogP contribution in [0.15, 0.2) is 24.3 Å². The van der Waals surface area contributed by atoms with Crippen molar-refractivity contribution < 1.29 is 4.79 Å². The summed E-state index contributed by atoms with van der Waals surface area (Å²) in [6.07, 6.45) is 6.42. The number of rotatable bonds is 3. The van der Waals surface area contributed by atoms with E-state index in [1.165, 1.54) is 24.1 Å². The summed E-state index contributed by atoms with van der Waals surface area (Å²) in [7, 11) is 0. The Bertz CT molecular complexity index is 925. The van der Waals surface area contributed by atoms with Crippen LogP contribution in [0.25, 0.3) is 11.4 Å². The highest BCUT2D eigenvalue weighted by Gasteiger charge is 2.32. The third kappa shape index (κ3) is 3.66. The monoisotopic (exact) mass is 411 g/mol. The van der Waals surface area contributed by atoms with Crippen molar-refractivity contribution in [1.82, 2.24) is 20.2 Å². The van der Waals surface area contributed by atoms with Crippen molar-refractivity contribution in [2.45, 2.75) is 44.6 Å². The maximum Gasteiger partial charge on any atom is 0.317 e. The van der Waals surface area contributed by atoms with Crippen molar-refractivity contribution in [2.24, 2.45) is 0 Å². The molecule has 3 heterocycles. The lowest BCUT2D eigenvalue weighted by molar-refractivity contribution is 0.186. The van der Waals surface area contributed by atoms with Crippen LogP contribution in [-0.4, -0.2) is 53.1 Å². The summed E-state index contributed by atoms with van der Waals surface area (Å²) in [4.78, 5) is 26.4. The minimum Gasteiger partial charge on any atom is -0.356 e. The van der Waals surface area contributed by atoms with Crippen LogP contribution in [-0.2, 0) is 12.8 Å². The van der Waals surface area contributed by atoms with Crippen molar-refractivity contribution in [3.63, 3.8) is 0 Å². The summed E-state index contributed by atoms with van der Waals surface area (Å²) in [5, 5.41) is 3.63. The standard InChI is InChI=1S/C22H26ClN5O/c23-16-5-3-4-15(14-16)20-25-19-7-2-1-6-18(19)21(26-20)27-11-8-17(9-12-27)28-13-10-24-22(28)29/h3-5,14,17H,1-2,6-13H2,(H,24,29). The Labute approximate surface area is 176 Å². The predicted molar refractivity (Wildman–Crippen MR) is 114 cm³/mol. The molecule has 3 aliphatic rings. The van der Waals surface area contributed by atoms with Gasteiger partial charge in [0.2, 0.25) is 0 Å². The van der Waals surface area contributed by atoms with Gasteiger partial charge < -0.3 is 15.1 Å². The second-order valence-corrected chi connectivity index (χ2v) is 8.59. The van der Waals surface area contributed by atoms with Gasteiger partial charge in [0.25, 0.3) is 0 Å². The third-order valence-electron chi connectivity index (χ3n) is 6.34. The molecule has 1 aliphatic carbocycles. The average molecular weight is 412 g/mol. The molecule has 0 unspecified atom stereocenters. The maximum absolute atomic E-state index is 12.0. The lowest BCUT2D eigenvalue weighted by Crippen LogP contribution is -2.46. The van der Waals surface area contributed by atoms with Crippen LogP contribution in [0.3, 0.4) is 0 Å². The normalized spacial score (nSPS) is 20.0. The topological polar surface area (TPSA) is 61.4 Å². The first kappa shape index (κ1) is 18.7. The molecule has 2 aliphatic heterocycles. The Kier molecular flexibility index (Phi) is 5.04. The number of hydrogen-bond donors (Lipinski definition) is 1. The van der Waals surface area contributed by atoms with E-state index in [0.29, 0.717) is 11.1 Å². The number of halogens is 1. The van der Waals surface area contributed by atoms with Crippen molar-refractivity contribution in [2.75, 3.05) is 31.1 Å². The second-order valence-electron chi connectivity index (χ2n) is 8.16. The minimum atomic E-state index is 0.0890. The van der Waals surface area contributed by atoms with Gasteiger partial charge in [-0.2, -0.15) is 0 Å². The van der Waals surface area contributed by atoms with Gasteiger partial charge in [0.1, 0.15) is 5.82 Å². The summed E-state index contributed by atoms with van der Waals surface area (Å²) in [5.41, 5.74) is 3.48. The Hall–Kier alpha value is -2.34. The summed E-state index contributed by atoms with van der Waals surface area (Å²) in [5.74, 6) is 1.86. The number of aryl methyl sites for hydroxylation is 1. The molecule has 1 aromatic heterocycles. The number of nitrogens with one attached hydrogen (secondary N) is 1. The summed E-state index contributed by atoms with van der Waals surface area (Å²) in [6.45, 7) is 3.44. The van der Waals surface area contributed by atoms with E-state index >= 15 is 0 Å². The molecule has 2 fully saturated rings. The highest BCUT2D eigenvalue weighted by molar-refractivity contribution is 6.30. The van der Waals surface area contributed by atoms with E-state index in [1.807, 2.05) is 29.2 Å². The van der Waals surface area contributed by atoms with E-state index in [-0.39, 0.29) is 6.03 Å². The molecule has 2 aromatic rings. The minimum absolute atomic E-state index is 0.0890. The van der Waals surface area contributed by atoms with E-state index in [1.54, 1.807) is 0 Å². The van der Waals surface area contributed by atoms with Gasteiger partial charge in [-0.05, 0) is 50.7 Å². The summed E-state index contributed by atoms with van der Waals surface area (Å²) in [6, 6.07) is 8.22. The van der Waals surface area contributed by atoms with Gasteiger partial charge in [0.15, 0.2) is 5.82 Å². The van der Waals surface area contributed by atoms with Gasteiger partial charge in [-0.25, -0.2) is 14.8 Å². The lowest BCUT2D eigenvalue weighted by atomic mass is 9.94. The van der Waals surface area contributed by atoms with Crippen molar-refractivity contribution >= 4 is 23.4 Å². The Balaban J connectivity index is 1.43. The lowest BCUT2D eigenvalue weighted by Gasteiger charge is -2.38. The molecule has 0 atom stereocenters. The molecule has 29 heavy (non-hydrogen) atoms. The first-order valence-corrected chi connectivity index (χ1v) is 11.0. The van der Waals surface area contributed by atoms with E-state index in [2.05, 4.69) is 10.2 Å². The number of carbonyl (C=O) groups is 1. The molecule has 0 radical (unpaired) electrons. The molecular weight excluding hydrogens is 386 g/mol. The Morgan fingerprint density at radius 1 is 1.07 bits per heavy atom. The van der Waals surface area contributed by atoms with Gasteiger partial charge in [-0.1, -0.05) is 23.7 Å². The summed E-state index contributed by atoms with van der Waals surface area (Å²) < 4.78 is 0. The average Bonchev–Trinajstić information content (AvgIpc) is 3.19. The van der Waals surface area contributed by atoms with Crippen LogP contribution in [0.4, 0.5) is 10.6 Å². The fourth-order valence-corrected chi connectivity index (χ4v) is 5.01. The van der Waals surface area contributed by atoms with Crippen molar-refractivity contribution in [1.29, 1.82) is 0 Å². The molecule has 2 amide bonds. The number of amides is 2. The fraction of sp³-hybridized carbons (Fsp3) is 0.500. The van der Waals surface area contributed by atoms with Gasteiger partial charge in [-0.3, -0.25) is 0 Å². The SMILES string of the molecule is O=C1NCCN1C1CCN(c2nc(-c3cccc(Cl)c3)nc3c2CCCC3)CC1. The van der Waals surface area contributed by atoms with Gasteiger partial charge >= 0.3 is 6.03 Å². The van der Waals surface area contributed by atoms with Crippen LogP contribution in [0, 0.1) is 0 Å². The zero-order chi connectivity index (χ0) is 19.8. The highest BCUT2D eigenvalue weighted by Crippen LogP contribution is 2.33. The largest absolute Gasteiger partial charge is 0.356 e. The van der Waals surface area contributed by atoms with Crippen molar-refractivity contribution in [3.05, 3.63) is 40.5 Å². The third-order valence-corrected chi connectivity index (χ3v) is 6.57. The van der Waals surface area contributed by atoms with Crippen LogP contribution < -0.4 is 10.2 Å². The Morgan fingerprint density at radius 2 is 1.90 bits per heavy atom. The van der Waals surface area contributed by atoms with Crippen LogP contribution in [0.2, 0.25) is 5.02 Å². The van der Waals surface area contributed by atoms with Crippen LogP contribution in [0.5, 0.6) is 0 Å². The number of fused-ring (bicyclic) bond motifs is 1. The van der Waals surface area contributed by atoms with Crippen molar-refractivity contribution in [3.8, 4) is 11.4 Å². The van der Waals surface area contributed by atoms with Crippen LogP contribution in [0.1, 0.15) is 36.9 Å².